The van der Waals surface area contributed by atoms with Gasteiger partial charge < -0.3 is 10.6 Å². The summed E-state index contributed by atoms with van der Waals surface area (Å²) < 4.78 is 0. The van der Waals surface area contributed by atoms with E-state index in [0.29, 0.717) is 6.54 Å². The lowest BCUT2D eigenvalue weighted by Crippen LogP contribution is -2.46. The first-order chi connectivity index (χ1) is 7.77. The van der Waals surface area contributed by atoms with E-state index in [0.717, 1.165) is 30.0 Å². The molecule has 0 aromatic carbocycles. The second-order valence-electron chi connectivity index (χ2n) is 4.08. The first-order valence-electron chi connectivity index (χ1n) is 5.67. The van der Waals surface area contributed by atoms with Gasteiger partial charge in [-0.2, -0.15) is 0 Å². The van der Waals surface area contributed by atoms with Crippen LogP contribution >= 0.6 is 36.2 Å². The standard InChI is InChI=1S/C11H17N3OS.2ClH/c1-8-10(16-7-14-8)6-13-11(15)9-4-2-3-5-12-9;;/h7,9,12H,2-6H2,1H3,(H,13,15);2*1H. The molecule has 1 aromatic heterocycles. The fraction of sp³-hybridized carbons (Fsp3) is 0.636. The second-order valence-corrected chi connectivity index (χ2v) is 5.02. The second kappa shape index (κ2) is 8.69. The minimum absolute atomic E-state index is 0. The van der Waals surface area contributed by atoms with Crippen molar-refractivity contribution in [3.63, 3.8) is 0 Å². The highest BCUT2D eigenvalue weighted by Crippen LogP contribution is 2.12. The Morgan fingerprint density at radius 1 is 1.56 bits per heavy atom. The number of nitrogens with one attached hydrogen (secondary N) is 2. The van der Waals surface area contributed by atoms with Crippen molar-refractivity contribution in [2.75, 3.05) is 6.54 Å². The Labute approximate surface area is 124 Å². The Kier molecular flexibility index (Phi) is 8.52. The topological polar surface area (TPSA) is 54.0 Å². The van der Waals surface area contributed by atoms with Crippen LogP contribution in [0.4, 0.5) is 0 Å². The molecule has 7 heteroatoms. The number of hydrogen-bond acceptors (Lipinski definition) is 4. The molecule has 0 spiro atoms. The molecule has 1 aliphatic heterocycles. The lowest BCUT2D eigenvalue weighted by Gasteiger charge is -2.22. The minimum Gasteiger partial charge on any atom is -0.350 e. The van der Waals surface area contributed by atoms with Crippen LogP contribution in [0.15, 0.2) is 5.51 Å². The third-order valence-electron chi connectivity index (χ3n) is 2.89. The summed E-state index contributed by atoms with van der Waals surface area (Å²) in [7, 11) is 0. The summed E-state index contributed by atoms with van der Waals surface area (Å²) in [6, 6.07) is 0.00183. The summed E-state index contributed by atoms with van der Waals surface area (Å²) in [6.45, 7) is 3.53. The zero-order valence-corrected chi connectivity index (χ0v) is 12.7. The molecular formula is C11H19Cl2N3OS. The van der Waals surface area contributed by atoms with Gasteiger partial charge >= 0.3 is 0 Å². The highest BCUT2D eigenvalue weighted by molar-refractivity contribution is 7.09. The van der Waals surface area contributed by atoms with Crippen molar-refractivity contribution < 1.29 is 4.79 Å². The molecule has 2 heterocycles. The molecule has 18 heavy (non-hydrogen) atoms. The van der Waals surface area contributed by atoms with Crippen LogP contribution in [0.1, 0.15) is 29.8 Å². The molecule has 0 bridgehead atoms. The molecule has 104 valence electrons. The lowest BCUT2D eigenvalue weighted by molar-refractivity contribution is -0.123. The number of carbonyl (C=O) groups is 1. The molecule has 1 aliphatic rings. The van der Waals surface area contributed by atoms with Gasteiger partial charge in [-0.3, -0.25) is 4.79 Å². The Morgan fingerprint density at radius 3 is 2.89 bits per heavy atom. The lowest BCUT2D eigenvalue weighted by atomic mass is 10.0. The van der Waals surface area contributed by atoms with E-state index in [-0.39, 0.29) is 36.8 Å². The number of aromatic nitrogens is 1. The number of carbonyl (C=O) groups excluding carboxylic acids is 1. The van der Waals surface area contributed by atoms with Gasteiger partial charge in [0.15, 0.2) is 0 Å². The van der Waals surface area contributed by atoms with Crippen molar-refractivity contribution in [3.8, 4) is 0 Å². The third kappa shape index (κ3) is 4.72. The Bertz CT molecular complexity index is 367. The van der Waals surface area contributed by atoms with Crippen LogP contribution in [-0.4, -0.2) is 23.5 Å². The summed E-state index contributed by atoms with van der Waals surface area (Å²) in [5, 5.41) is 6.20. The first kappa shape index (κ1) is 17.6. The Balaban J connectivity index is 0.00000144. The maximum Gasteiger partial charge on any atom is 0.237 e. The van der Waals surface area contributed by atoms with Crippen LogP contribution in [0.25, 0.3) is 0 Å². The largest absolute Gasteiger partial charge is 0.350 e. The van der Waals surface area contributed by atoms with Crippen LogP contribution in [0.5, 0.6) is 0 Å². The highest BCUT2D eigenvalue weighted by Gasteiger charge is 2.20. The number of hydrogen-bond donors (Lipinski definition) is 2. The van der Waals surface area contributed by atoms with Gasteiger partial charge in [-0.15, -0.1) is 36.2 Å². The van der Waals surface area contributed by atoms with Gasteiger partial charge in [-0.25, -0.2) is 4.98 Å². The van der Waals surface area contributed by atoms with E-state index in [1.54, 1.807) is 11.3 Å². The summed E-state index contributed by atoms with van der Waals surface area (Å²) in [5.74, 6) is 0.118. The molecule has 0 saturated carbocycles. The SMILES string of the molecule is Cc1ncsc1CNC(=O)C1CCCCN1.Cl.Cl. The maximum atomic E-state index is 11.8. The zero-order valence-electron chi connectivity index (χ0n) is 10.3. The monoisotopic (exact) mass is 311 g/mol. The average molecular weight is 312 g/mol. The third-order valence-corrected chi connectivity index (χ3v) is 3.83. The van der Waals surface area contributed by atoms with E-state index < -0.39 is 0 Å². The number of aryl methyl sites for hydroxylation is 1. The molecule has 2 rings (SSSR count). The fourth-order valence-electron chi connectivity index (χ4n) is 1.86. The quantitative estimate of drug-likeness (QED) is 0.898. The average Bonchev–Trinajstić information content (AvgIpc) is 2.73. The Morgan fingerprint density at radius 2 is 2.33 bits per heavy atom. The molecule has 1 fully saturated rings. The van der Waals surface area contributed by atoms with E-state index >= 15 is 0 Å². The predicted molar refractivity (Wildman–Crippen MR) is 78.8 cm³/mol. The molecule has 4 nitrogen and oxygen atoms in total. The molecule has 0 aliphatic carbocycles. The molecule has 1 unspecified atom stereocenters. The van der Waals surface area contributed by atoms with Crippen LogP contribution in [0.2, 0.25) is 0 Å². The van der Waals surface area contributed by atoms with Gasteiger partial charge in [-0.1, -0.05) is 6.42 Å². The van der Waals surface area contributed by atoms with E-state index in [4.69, 9.17) is 0 Å². The van der Waals surface area contributed by atoms with Gasteiger partial charge in [0.05, 0.1) is 23.8 Å². The molecule has 1 atom stereocenters. The van der Waals surface area contributed by atoms with Crippen molar-refractivity contribution >= 4 is 42.1 Å². The van der Waals surface area contributed by atoms with Crippen LogP contribution < -0.4 is 10.6 Å². The van der Waals surface area contributed by atoms with Gasteiger partial charge in [-0.05, 0) is 26.3 Å². The van der Waals surface area contributed by atoms with Crippen LogP contribution in [0, 0.1) is 6.92 Å². The maximum absolute atomic E-state index is 11.8. The molecule has 1 saturated heterocycles. The zero-order chi connectivity index (χ0) is 11.4. The van der Waals surface area contributed by atoms with Gasteiger partial charge in [0.1, 0.15) is 0 Å². The molecular weight excluding hydrogens is 293 g/mol. The van der Waals surface area contributed by atoms with E-state index in [1.165, 1.54) is 6.42 Å². The molecule has 1 aromatic rings. The highest BCUT2D eigenvalue weighted by atomic mass is 35.5. The van der Waals surface area contributed by atoms with Gasteiger partial charge in [0.2, 0.25) is 5.91 Å². The van der Waals surface area contributed by atoms with Crippen molar-refractivity contribution in [2.45, 2.75) is 38.8 Å². The number of amides is 1. The summed E-state index contributed by atoms with van der Waals surface area (Å²) in [4.78, 5) is 17.1. The summed E-state index contributed by atoms with van der Waals surface area (Å²) >= 11 is 1.59. The molecule has 0 radical (unpaired) electrons. The van der Waals surface area contributed by atoms with Crippen molar-refractivity contribution in [1.29, 1.82) is 0 Å². The first-order valence-corrected chi connectivity index (χ1v) is 6.55. The summed E-state index contributed by atoms with van der Waals surface area (Å²) in [5.41, 5.74) is 2.83. The minimum atomic E-state index is 0. The van der Waals surface area contributed by atoms with Gasteiger partial charge in [0, 0.05) is 4.88 Å². The number of halogens is 2. The van der Waals surface area contributed by atoms with E-state index in [2.05, 4.69) is 15.6 Å². The van der Waals surface area contributed by atoms with Crippen molar-refractivity contribution in [3.05, 3.63) is 16.1 Å². The predicted octanol–water partition coefficient (Wildman–Crippen LogP) is 2.05. The number of nitrogens with zero attached hydrogens (tertiary/aromatic N) is 1. The normalized spacial score (nSPS) is 18.4. The van der Waals surface area contributed by atoms with Crippen molar-refractivity contribution in [2.24, 2.45) is 0 Å². The van der Waals surface area contributed by atoms with E-state index in [9.17, 15) is 4.79 Å². The smallest absolute Gasteiger partial charge is 0.237 e. The van der Waals surface area contributed by atoms with Gasteiger partial charge in [0.25, 0.3) is 0 Å². The van der Waals surface area contributed by atoms with Crippen LogP contribution in [-0.2, 0) is 11.3 Å². The number of rotatable bonds is 3. The molecule has 2 N–H and O–H groups in total. The number of piperidine rings is 1. The van der Waals surface area contributed by atoms with E-state index in [1.807, 2.05) is 12.4 Å². The Hall–Kier alpha value is -0.360. The summed E-state index contributed by atoms with van der Waals surface area (Å²) in [6.07, 6.45) is 3.27. The fourth-order valence-corrected chi connectivity index (χ4v) is 2.58. The van der Waals surface area contributed by atoms with Crippen molar-refractivity contribution in [1.82, 2.24) is 15.6 Å². The molecule has 1 amide bonds. The number of thiazole rings is 1. The van der Waals surface area contributed by atoms with Crippen LogP contribution in [0.3, 0.4) is 0 Å².